The molecule has 2 aromatic carbocycles. The van der Waals surface area contributed by atoms with Crippen LogP contribution in [0.3, 0.4) is 0 Å². The van der Waals surface area contributed by atoms with Gasteiger partial charge in [-0.1, -0.05) is 11.8 Å². The van der Waals surface area contributed by atoms with Crippen molar-refractivity contribution in [3.8, 4) is 5.75 Å². The Morgan fingerprint density at radius 3 is 2.80 bits per heavy atom. The number of fused-ring (bicyclic) bond motifs is 2. The zero-order chi connectivity index (χ0) is 17.4. The lowest BCUT2D eigenvalue weighted by Crippen LogP contribution is -2.32. The molecule has 1 amide bonds. The summed E-state index contributed by atoms with van der Waals surface area (Å²) in [6, 6.07) is 10.9. The molecular formula is C18H16FN3O2S. The van der Waals surface area contributed by atoms with E-state index in [1.54, 1.807) is 6.07 Å². The highest BCUT2D eigenvalue weighted by atomic mass is 32.2. The van der Waals surface area contributed by atoms with Crippen molar-refractivity contribution in [2.24, 2.45) is 10.7 Å². The Bertz CT molecular complexity index is 869. The van der Waals surface area contributed by atoms with Gasteiger partial charge in [0.05, 0.1) is 6.61 Å². The van der Waals surface area contributed by atoms with Crippen LogP contribution in [0.15, 0.2) is 47.5 Å². The number of carbonyl (C=O) groups is 1. The highest BCUT2D eigenvalue weighted by Gasteiger charge is 2.41. The van der Waals surface area contributed by atoms with Crippen molar-refractivity contribution in [1.29, 1.82) is 0 Å². The maximum Gasteiger partial charge on any atom is 0.255 e. The minimum Gasteiger partial charge on any atom is -0.493 e. The van der Waals surface area contributed by atoms with Gasteiger partial charge in [0.25, 0.3) is 5.91 Å². The second-order valence-corrected chi connectivity index (χ2v) is 7.04. The minimum absolute atomic E-state index is 0.297. The predicted octanol–water partition coefficient (Wildman–Crippen LogP) is 3.12. The zero-order valence-corrected chi connectivity index (χ0v) is 14.1. The molecule has 1 spiro atoms. The van der Waals surface area contributed by atoms with Gasteiger partial charge in [-0.15, -0.1) is 0 Å². The molecular weight excluding hydrogens is 341 g/mol. The van der Waals surface area contributed by atoms with Crippen LogP contribution in [0, 0.1) is 5.82 Å². The van der Waals surface area contributed by atoms with Crippen LogP contribution in [0.4, 0.5) is 10.1 Å². The molecule has 1 unspecified atom stereocenters. The highest BCUT2D eigenvalue weighted by Crippen LogP contribution is 2.46. The van der Waals surface area contributed by atoms with Gasteiger partial charge < -0.3 is 15.8 Å². The van der Waals surface area contributed by atoms with Crippen molar-refractivity contribution in [3.05, 3.63) is 59.4 Å². The largest absolute Gasteiger partial charge is 0.493 e. The Balaban J connectivity index is 1.63. The maximum atomic E-state index is 13.0. The Morgan fingerprint density at radius 1 is 1.28 bits per heavy atom. The van der Waals surface area contributed by atoms with Gasteiger partial charge in [0, 0.05) is 29.0 Å². The van der Waals surface area contributed by atoms with E-state index in [2.05, 4.69) is 10.3 Å². The number of ether oxygens (including phenoxy) is 1. The highest BCUT2D eigenvalue weighted by molar-refractivity contribution is 8.14. The smallest absolute Gasteiger partial charge is 0.255 e. The molecule has 0 saturated carbocycles. The average Bonchev–Trinajstić information content (AvgIpc) is 2.98. The average molecular weight is 357 g/mol. The van der Waals surface area contributed by atoms with Gasteiger partial charge in [-0.2, -0.15) is 0 Å². The van der Waals surface area contributed by atoms with Crippen LogP contribution in [0.25, 0.3) is 0 Å². The first-order valence-electron chi connectivity index (χ1n) is 7.88. The number of rotatable bonds is 2. The van der Waals surface area contributed by atoms with Crippen LogP contribution >= 0.6 is 11.8 Å². The second-order valence-electron chi connectivity index (χ2n) is 6.04. The summed E-state index contributed by atoms with van der Waals surface area (Å²) < 4.78 is 18.7. The molecule has 1 atom stereocenters. The third kappa shape index (κ3) is 2.95. The van der Waals surface area contributed by atoms with Crippen LogP contribution in [0.2, 0.25) is 0 Å². The SMILES string of the molecule is NC1=NC2(CCOc3ccc(NC(=O)c4ccc(F)cc4)cc32)CS1. The predicted molar refractivity (Wildman–Crippen MR) is 96.7 cm³/mol. The normalized spacial score (nSPS) is 21.4. The summed E-state index contributed by atoms with van der Waals surface area (Å²) in [5.74, 6) is 0.864. The molecule has 2 aliphatic rings. The number of aliphatic imine (C=N–C) groups is 1. The molecule has 2 heterocycles. The molecule has 5 nitrogen and oxygen atoms in total. The molecule has 0 bridgehead atoms. The molecule has 0 aliphatic carbocycles. The quantitative estimate of drug-likeness (QED) is 0.866. The van der Waals surface area contributed by atoms with Gasteiger partial charge in [0.2, 0.25) is 0 Å². The zero-order valence-electron chi connectivity index (χ0n) is 13.3. The fourth-order valence-corrected chi connectivity index (χ4v) is 4.09. The van der Waals surface area contributed by atoms with Crippen molar-refractivity contribution in [2.45, 2.75) is 12.0 Å². The maximum absolute atomic E-state index is 13.0. The monoisotopic (exact) mass is 357 g/mol. The van der Waals surface area contributed by atoms with Gasteiger partial charge in [-0.25, -0.2) is 4.39 Å². The molecule has 128 valence electrons. The Hall–Kier alpha value is -2.54. The van der Waals surface area contributed by atoms with Crippen LogP contribution < -0.4 is 15.8 Å². The number of hydrogen-bond acceptors (Lipinski definition) is 5. The Labute approximate surface area is 148 Å². The molecule has 7 heteroatoms. The third-order valence-corrected chi connectivity index (χ3v) is 5.41. The standard InChI is InChI=1S/C18H16FN3O2S/c19-12-3-1-11(2-4-12)16(23)21-13-5-6-15-14(9-13)18(7-8-24-15)10-25-17(20)22-18/h1-6,9H,7-8,10H2,(H2,20,22)(H,21,23). The topological polar surface area (TPSA) is 76.7 Å². The lowest BCUT2D eigenvalue weighted by Gasteiger charge is -2.32. The van der Waals surface area contributed by atoms with Crippen molar-refractivity contribution in [3.63, 3.8) is 0 Å². The molecule has 0 radical (unpaired) electrons. The number of nitrogens with one attached hydrogen (secondary N) is 1. The molecule has 4 rings (SSSR count). The summed E-state index contributed by atoms with van der Waals surface area (Å²) >= 11 is 1.53. The van der Waals surface area contributed by atoms with E-state index >= 15 is 0 Å². The van der Waals surface area contributed by atoms with E-state index in [1.807, 2.05) is 12.1 Å². The molecule has 0 fully saturated rings. The molecule has 0 saturated heterocycles. The van der Waals surface area contributed by atoms with Gasteiger partial charge in [0.15, 0.2) is 5.17 Å². The first-order chi connectivity index (χ1) is 12.1. The summed E-state index contributed by atoms with van der Waals surface area (Å²) in [5.41, 5.74) is 7.45. The van der Waals surface area contributed by atoms with E-state index in [0.29, 0.717) is 23.0 Å². The fourth-order valence-electron chi connectivity index (χ4n) is 3.10. The van der Waals surface area contributed by atoms with Crippen molar-refractivity contribution in [2.75, 3.05) is 17.7 Å². The van der Waals surface area contributed by atoms with E-state index < -0.39 is 0 Å². The molecule has 25 heavy (non-hydrogen) atoms. The number of anilines is 1. The van der Waals surface area contributed by atoms with Crippen LogP contribution in [-0.2, 0) is 5.54 Å². The van der Waals surface area contributed by atoms with Gasteiger partial charge in [-0.05, 0) is 42.5 Å². The molecule has 2 aromatic rings. The van der Waals surface area contributed by atoms with Gasteiger partial charge >= 0.3 is 0 Å². The summed E-state index contributed by atoms with van der Waals surface area (Å²) in [4.78, 5) is 17.0. The van der Waals surface area contributed by atoms with Crippen LogP contribution in [0.1, 0.15) is 22.3 Å². The Morgan fingerprint density at radius 2 is 2.08 bits per heavy atom. The van der Waals surface area contributed by atoms with Gasteiger partial charge in [0.1, 0.15) is 17.1 Å². The summed E-state index contributed by atoms with van der Waals surface area (Å²) in [6.07, 6.45) is 0.753. The first kappa shape index (κ1) is 16.0. The van der Waals surface area contributed by atoms with E-state index in [-0.39, 0.29) is 17.3 Å². The van der Waals surface area contributed by atoms with Crippen molar-refractivity contribution < 1.29 is 13.9 Å². The fraction of sp³-hybridized carbons (Fsp3) is 0.222. The first-order valence-corrected chi connectivity index (χ1v) is 8.87. The number of thioether (sulfide) groups is 1. The molecule has 0 aromatic heterocycles. The number of hydrogen-bond donors (Lipinski definition) is 2. The van der Waals surface area contributed by atoms with Crippen molar-refractivity contribution in [1.82, 2.24) is 0 Å². The van der Waals surface area contributed by atoms with Crippen LogP contribution in [-0.4, -0.2) is 23.4 Å². The van der Waals surface area contributed by atoms with Crippen molar-refractivity contribution >= 4 is 28.5 Å². The third-order valence-electron chi connectivity index (χ3n) is 4.40. The number of amidine groups is 1. The lowest BCUT2D eigenvalue weighted by molar-refractivity contribution is 0.102. The van der Waals surface area contributed by atoms with E-state index in [9.17, 15) is 9.18 Å². The number of halogens is 1. The number of nitrogens with zero attached hydrogens (tertiary/aromatic N) is 1. The van der Waals surface area contributed by atoms with E-state index in [4.69, 9.17) is 10.5 Å². The van der Waals surface area contributed by atoms with E-state index in [0.717, 1.165) is 23.5 Å². The number of carbonyl (C=O) groups excluding carboxylic acids is 1. The minimum atomic E-state index is -0.390. The summed E-state index contributed by atoms with van der Waals surface area (Å²) in [6.45, 7) is 0.589. The molecule has 3 N–H and O–H groups in total. The summed E-state index contributed by atoms with van der Waals surface area (Å²) in [5, 5.41) is 3.42. The van der Waals surface area contributed by atoms with Crippen LogP contribution in [0.5, 0.6) is 5.75 Å². The second kappa shape index (κ2) is 6.07. The molecule has 2 aliphatic heterocycles. The van der Waals surface area contributed by atoms with Gasteiger partial charge in [-0.3, -0.25) is 9.79 Å². The lowest BCUT2D eigenvalue weighted by atomic mass is 9.86. The number of benzene rings is 2. The number of amides is 1. The number of nitrogens with two attached hydrogens (primary N) is 1. The Kier molecular flexibility index (Phi) is 3.88. The summed E-state index contributed by atoms with van der Waals surface area (Å²) in [7, 11) is 0. The van der Waals surface area contributed by atoms with E-state index in [1.165, 1.54) is 36.0 Å².